The Bertz CT molecular complexity index is 1380. The third-order valence-corrected chi connectivity index (χ3v) is 6.24. The second-order valence-corrected chi connectivity index (χ2v) is 8.84. The fourth-order valence-electron chi connectivity index (χ4n) is 4.38. The van der Waals surface area contributed by atoms with Gasteiger partial charge in [-0.1, -0.05) is 42.8 Å². The van der Waals surface area contributed by atoms with Gasteiger partial charge in [0.25, 0.3) is 0 Å². The maximum atomic E-state index is 12.7. The van der Waals surface area contributed by atoms with E-state index in [0.29, 0.717) is 17.3 Å². The molecular formula is C27H24ClN5O. The number of rotatable bonds is 6. The van der Waals surface area contributed by atoms with Gasteiger partial charge < -0.3 is 0 Å². The number of pyridine rings is 1. The predicted octanol–water partition coefficient (Wildman–Crippen LogP) is 5.94. The van der Waals surface area contributed by atoms with Crippen LogP contribution in [0, 0.1) is 6.92 Å². The molecule has 0 spiro atoms. The lowest BCUT2D eigenvalue weighted by molar-refractivity contribution is -0.119. The lowest BCUT2D eigenvalue weighted by Crippen LogP contribution is -2.11. The summed E-state index contributed by atoms with van der Waals surface area (Å²) in [5, 5.41) is 9.45. The lowest BCUT2D eigenvalue weighted by Gasteiger charge is -2.14. The molecule has 0 unspecified atom stereocenters. The van der Waals surface area contributed by atoms with E-state index in [0.717, 1.165) is 45.9 Å². The molecule has 7 heteroatoms. The normalized spacial score (nSPS) is 14.7. The van der Waals surface area contributed by atoms with Gasteiger partial charge in [-0.3, -0.25) is 19.3 Å². The van der Waals surface area contributed by atoms with Crippen molar-refractivity contribution < 1.29 is 4.79 Å². The number of fused-ring (bicyclic) bond motifs is 3. The van der Waals surface area contributed by atoms with Crippen molar-refractivity contribution in [2.24, 2.45) is 4.99 Å². The van der Waals surface area contributed by atoms with Gasteiger partial charge in [0.05, 0.1) is 11.4 Å². The molecule has 0 saturated carbocycles. The Balaban J connectivity index is 1.75. The van der Waals surface area contributed by atoms with Crippen molar-refractivity contribution in [3.05, 3.63) is 94.8 Å². The highest BCUT2D eigenvalue weighted by molar-refractivity contribution is 6.30. The molecule has 4 aromatic rings. The van der Waals surface area contributed by atoms with Crippen LogP contribution in [0.15, 0.2) is 72.0 Å². The predicted molar refractivity (Wildman–Crippen MR) is 134 cm³/mol. The standard InChI is InChI=1S/C27H24ClN5O/c1-3-5-22(34)15-24-27-32-31-17(2)33(27)25-12-9-19(20-6-4-13-29-16-20)14-23(25)26(30-24)18-7-10-21(28)11-8-18/h4,6-14,16,24H,3,5,15H2,1-2H3/t24-/m0/s1. The van der Waals surface area contributed by atoms with E-state index in [-0.39, 0.29) is 12.2 Å². The molecule has 0 amide bonds. The average molecular weight is 470 g/mol. The van der Waals surface area contributed by atoms with Crippen LogP contribution in [0.5, 0.6) is 0 Å². The Morgan fingerprint density at radius 3 is 2.56 bits per heavy atom. The number of aliphatic imine (C=N–C) groups is 1. The number of carbonyl (C=O) groups excluding carboxylic acids is 1. The molecule has 34 heavy (non-hydrogen) atoms. The molecule has 0 fully saturated rings. The van der Waals surface area contributed by atoms with E-state index in [1.807, 2.05) is 61.0 Å². The molecule has 3 heterocycles. The zero-order chi connectivity index (χ0) is 23.7. The minimum atomic E-state index is -0.430. The monoisotopic (exact) mass is 469 g/mol. The summed E-state index contributed by atoms with van der Waals surface area (Å²) < 4.78 is 2.03. The second-order valence-electron chi connectivity index (χ2n) is 8.41. The van der Waals surface area contributed by atoms with Gasteiger partial charge in [-0.05, 0) is 49.2 Å². The second kappa shape index (κ2) is 9.31. The third-order valence-electron chi connectivity index (χ3n) is 5.99. The van der Waals surface area contributed by atoms with Gasteiger partial charge >= 0.3 is 0 Å². The first-order valence-electron chi connectivity index (χ1n) is 11.4. The Labute approximate surface area is 203 Å². The summed E-state index contributed by atoms with van der Waals surface area (Å²) in [5.74, 6) is 1.60. The van der Waals surface area contributed by atoms with Crippen molar-refractivity contribution >= 4 is 23.1 Å². The smallest absolute Gasteiger partial charge is 0.162 e. The van der Waals surface area contributed by atoms with Crippen LogP contribution < -0.4 is 0 Å². The van der Waals surface area contributed by atoms with Crippen LogP contribution in [-0.2, 0) is 4.79 Å². The Morgan fingerprint density at radius 1 is 1.03 bits per heavy atom. The van der Waals surface area contributed by atoms with Crippen LogP contribution >= 0.6 is 11.6 Å². The molecule has 0 radical (unpaired) electrons. The Kier molecular flexibility index (Phi) is 6.07. The number of hydrogen-bond donors (Lipinski definition) is 0. The molecule has 2 aromatic carbocycles. The number of ketones is 1. The van der Waals surface area contributed by atoms with Crippen molar-refractivity contribution in [2.75, 3.05) is 0 Å². The third kappa shape index (κ3) is 4.17. The highest BCUT2D eigenvalue weighted by Crippen LogP contribution is 2.35. The highest BCUT2D eigenvalue weighted by atomic mass is 35.5. The summed E-state index contributed by atoms with van der Waals surface area (Å²) >= 11 is 6.18. The fourth-order valence-corrected chi connectivity index (χ4v) is 4.51. The van der Waals surface area contributed by atoms with E-state index in [1.54, 1.807) is 6.20 Å². The van der Waals surface area contributed by atoms with E-state index < -0.39 is 6.04 Å². The minimum Gasteiger partial charge on any atom is -0.300 e. The molecule has 0 aliphatic carbocycles. The molecule has 1 aliphatic heterocycles. The summed E-state index contributed by atoms with van der Waals surface area (Å²) in [6, 6.07) is 17.4. The molecular weight excluding hydrogens is 446 g/mol. The molecule has 0 bridgehead atoms. The molecule has 1 atom stereocenters. The van der Waals surface area contributed by atoms with Gasteiger partial charge in [-0.15, -0.1) is 10.2 Å². The number of Topliss-reactive ketones (excluding diaryl/α,β-unsaturated/α-hetero) is 1. The summed E-state index contributed by atoms with van der Waals surface area (Å²) in [7, 11) is 0. The summed E-state index contributed by atoms with van der Waals surface area (Å²) in [4.78, 5) is 22.1. The van der Waals surface area contributed by atoms with Crippen molar-refractivity contribution in [1.29, 1.82) is 0 Å². The Hall–Kier alpha value is -3.64. The van der Waals surface area contributed by atoms with Crippen LogP contribution in [0.25, 0.3) is 16.8 Å². The summed E-state index contributed by atoms with van der Waals surface area (Å²) in [6.07, 6.45) is 5.22. The van der Waals surface area contributed by atoms with Crippen molar-refractivity contribution in [3.63, 3.8) is 0 Å². The molecule has 0 saturated heterocycles. The molecule has 0 N–H and O–H groups in total. The van der Waals surface area contributed by atoms with Crippen molar-refractivity contribution in [3.8, 4) is 16.8 Å². The number of aryl methyl sites for hydroxylation is 1. The SMILES string of the molecule is CCCC(=O)C[C@@H]1N=C(c2ccc(Cl)cc2)c2cc(-c3cccnc3)ccc2-n2c(C)nnc21. The molecule has 170 valence electrons. The lowest BCUT2D eigenvalue weighted by atomic mass is 9.96. The van der Waals surface area contributed by atoms with E-state index in [9.17, 15) is 4.79 Å². The van der Waals surface area contributed by atoms with E-state index in [4.69, 9.17) is 16.6 Å². The van der Waals surface area contributed by atoms with Crippen LogP contribution in [0.3, 0.4) is 0 Å². The van der Waals surface area contributed by atoms with E-state index >= 15 is 0 Å². The van der Waals surface area contributed by atoms with Crippen LogP contribution in [0.1, 0.15) is 55.0 Å². The van der Waals surface area contributed by atoms with Crippen LogP contribution in [0.2, 0.25) is 5.02 Å². The largest absolute Gasteiger partial charge is 0.300 e. The van der Waals surface area contributed by atoms with Gasteiger partial charge in [0.1, 0.15) is 17.6 Å². The van der Waals surface area contributed by atoms with Crippen molar-refractivity contribution in [1.82, 2.24) is 19.7 Å². The van der Waals surface area contributed by atoms with Gasteiger partial charge in [0.2, 0.25) is 0 Å². The topological polar surface area (TPSA) is 73.0 Å². The summed E-state index contributed by atoms with van der Waals surface area (Å²) in [6.45, 7) is 3.93. The number of carbonyl (C=O) groups is 1. The maximum absolute atomic E-state index is 12.7. The Morgan fingerprint density at radius 2 is 1.82 bits per heavy atom. The number of aromatic nitrogens is 4. The number of benzene rings is 2. The fraction of sp³-hybridized carbons (Fsp3) is 0.222. The van der Waals surface area contributed by atoms with E-state index in [2.05, 4.69) is 33.4 Å². The highest BCUT2D eigenvalue weighted by Gasteiger charge is 2.29. The van der Waals surface area contributed by atoms with Crippen molar-refractivity contribution in [2.45, 2.75) is 39.2 Å². The number of hydrogen-bond acceptors (Lipinski definition) is 5. The first-order valence-corrected chi connectivity index (χ1v) is 11.8. The number of halogens is 1. The van der Waals surface area contributed by atoms with Crippen LogP contribution in [0.4, 0.5) is 0 Å². The van der Waals surface area contributed by atoms with Gasteiger partial charge in [0.15, 0.2) is 5.82 Å². The number of nitrogens with zero attached hydrogens (tertiary/aromatic N) is 5. The molecule has 1 aliphatic rings. The van der Waals surface area contributed by atoms with Gasteiger partial charge in [-0.2, -0.15) is 0 Å². The van der Waals surface area contributed by atoms with Gasteiger partial charge in [-0.25, -0.2) is 0 Å². The van der Waals surface area contributed by atoms with Gasteiger partial charge in [0, 0.05) is 46.9 Å². The first-order chi connectivity index (χ1) is 16.5. The van der Waals surface area contributed by atoms with Crippen LogP contribution in [-0.4, -0.2) is 31.2 Å². The minimum absolute atomic E-state index is 0.168. The molecule has 5 rings (SSSR count). The average Bonchev–Trinajstić information content (AvgIpc) is 3.17. The molecule has 2 aromatic heterocycles. The quantitative estimate of drug-likeness (QED) is 0.350. The maximum Gasteiger partial charge on any atom is 0.162 e. The first kappa shape index (κ1) is 22.2. The van der Waals surface area contributed by atoms with E-state index in [1.165, 1.54) is 0 Å². The zero-order valence-electron chi connectivity index (χ0n) is 19.1. The zero-order valence-corrected chi connectivity index (χ0v) is 19.8. The summed E-state index contributed by atoms with van der Waals surface area (Å²) in [5.41, 5.74) is 5.65. The molecule has 6 nitrogen and oxygen atoms in total.